The van der Waals surface area contributed by atoms with Crippen LogP contribution in [0, 0.1) is 10.5 Å². The Hall–Kier alpha value is -2.82. The van der Waals surface area contributed by atoms with Crippen LogP contribution >= 0.6 is 46.0 Å². The summed E-state index contributed by atoms with van der Waals surface area (Å²) in [6, 6.07) is 17.5. The van der Waals surface area contributed by atoms with E-state index >= 15 is 0 Å². The summed E-state index contributed by atoms with van der Waals surface area (Å²) in [6.45, 7) is 4.34. The van der Waals surface area contributed by atoms with Crippen LogP contribution in [-0.2, 0) is 11.3 Å². The van der Waals surface area contributed by atoms with Crippen LogP contribution in [0.1, 0.15) is 34.0 Å². The van der Waals surface area contributed by atoms with E-state index in [0.717, 1.165) is 22.9 Å². The molecule has 1 saturated heterocycles. The normalized spacial score (nSPS) is 14.4. The summed E-state index contributed by atoms with van der Waals surface area (Å²) < 4.78 is 12.0. The summed E-state index contributed by atoms with van der Waals surface area (Å²) in [4.78, 5) is 39.8. The summed E-state index contributed by atoms with van der Waals surface area (Å²) in [5.41, 5.74) is 2.95. The molecule has 1 aliphatic heterocycles. The third-order valence-corrected chi connectivity index (χ3v) is 7.16. The van der Waals surface area contributed by atoms with Gasteiger partial charge in [-0.2, -0.15) is 0 Å². The van der Waals surface area contributed by atoms with Crippen molar-refractivity contribution in [1.82, 2.24) is 4.90 Å². The number of thioether (sulfide) groups is 1. The molecule has 0 radical (unpaired) electrons. The Balaban J connectivity index is 1.58. The average molecular weight is 634 g/mol. The number of halogens is 2. The van der Waals surface area contributed by atoms with E-state index < -0.39 is 5.97 Å². The lowest BCUT2D eigenvalue weighted by Crippen LogP contribution is -2.27. The van der Waals surface area contributed by atoms with Crippen LogP contribution in [0.15, 0.2) is 65.6 Å². The molecule has 0 saturated carbocycles. The standard InChI is InChI=1S/C27H21ClINO5S/c1-3-34-22-13-18(12-21(29)24(22)35-26(32)19-7-9-20(28)10-8-19)14-23-25(31)30(27(33)36-23)15-17-6-4-5-16(2)11-17/h4-14H,3,15H2,1-2H3/b23-14-. The van der Waals surface area contributed by atoms with E-state index in [0.29, 0.717) is 37.0 Å². The highest BCUT2D eigenvalue weighted by molar-refractivity contribution is 14.1. The van der Waals surface area contributed by atoms with Gasteiger partial charge in [-0.3, -0.25) is 14.5 Å². The lowest BCUT2D eigenvalue weighted by Gasteiger charge is -2.14. The molecule has 1 fully saturated rings. The highest BCUT2D eigenvalue weighted by Gasteiger charge is 2.35. The van der Waals surface area contributed by atoms with E-state index in [-0.39, 0.29) is 23.4 Å². The molecular formula is C27H21ClINO5S. The maximum Gasteiger partial charge on any atom is 0.343 e. The summed E-state index contributed by atoms with van der Waals surface area (Å²) >= 11 is 8.85. The van der Waals surface area contributed by atoms with Gasteiger partial charge in [0.1, 0.15) is 0 Å². The number of rotatable bonds is 7. The van der Waals surface area contributed by atoms with E-state index in [1.54, 1.807) is 42.5 Å². The summed E-state index contributed by atoms with van der Waals surface area (Å²) in [6.07, 6.45) is 1.65. The lowest BCUT2D eigenvalue weighted by atomic mass is 10.1. The van der Waals surface area contributed by atoms with Crippen molar-refractivity contribution in [2.75, 3.05) is 6.61 Å². The molecule has 0 aliphatic carbocycles. The van der Waals surface area contributed by atoms with Crippen molar-refractivity contribution in [3.63, 3.8) is 0 Å². The lowest BCUT2D eigenvalue weighted by molar-refractivity contribution is -0.123. The smallest absolute Gasteiger partial charge is 0.343 e. The van der Waals surface area contributed by atoms with Gasteiger partial charge in [-0.25, -0.2) is 4.79 Å². The fourth-order valence-electron chi connectivity index (χ4n) is 3.55. The van der Waals surface area contributed by atoms with Gasteiger partial charge in [0.25, 0.3) is 11.1 Å². The van der Waals surface area contributed by atoms with Crippen molar-refractivity contribution in [2.24, 2.45) is 0 Å². The number of carbonyl (C=O) groups is 3. The molecule has 9 heteroatoms. The first-order valence-corrected chi connectivity index (χ1v) is 13.3. The van der Waals surface area contributed by atoms with Gasteiger partial charge in [-0.1, -0.05) is 41.4 Å². The van der Waals surface area contributed by atoms with Crippen molar-refractivity contribution in [2.45, 2.75) is 20.4 Å². The van der Waals surface area contributed by atoms with Crippen LogP contribution in [0.3, 0.4) is 0 Å². The topological polar surface area (TPSA) is 72.9 Å². The SMILES string of the molecule is CCOc1cc(/C=C2\SC(=O)N(Cc3cccc(C)c3)C2=O)cc(I)c1OC(=O)c1ccc(Cl)cc1. The van der Waals surface area contributed by atoms with Gasteiger partial charge in [0.05, 0.1) is 27.2 Å². The number of ether oxygens (including phenoxy) is 2. The van der Waals surface area contributed by atoms with Crippen LogP contribution < -0.4 is 9.47 Å². The van der Waals surface area contributed by atoms with Crippen molar-refractivity contribution in [3.05, 3.63) is 96.4 Å². The molecular weight excluding hydrogens is 613 g/mol. The fraction of sp³-hybridized carbons (Fsp3) is 0.148. The predicted octanol–water partition coefficient (Wildman–Crippen LogP) is 7.11. The first kappa shape index (κ1) is 26.2. The molecule has 6 nitrogen and oxygen atoms in total. The monoisotopic (exact) mass is 633 g/mol. The number of carbonyl (C=O) groups excluding carboxylic acids is 3. The molecule has 0 bridgehead atoms. The Kier molecular flexibility index (Phi) is 8.38. The number of aryl methyl sites for hydroxylation is 1. The van der Waals surface area contributed by atoms with E-state index in [9.17, 15) is 14.4 Å². The van der Waals surface area contributed by atoms with Crippen LogP contribution in [0.25, 0.3) is 6.08 Å². The van der Waals surface area contributed by atoms with Gasteiger partial charge < -0.3 is 9.47 Å². The van der Waals surface area contributed by atoms with Crippen molar-refractivity contribution >= 4 is 69.1 Å². The molecule has 1 aliphatic rings. The van der Waals surface area contributed by atoms with Gasteiger partial charge in [-0.15, -0.1) is 0 Å². The van der Waals surface area contributed by atoms with Gasteiger partial charge >= 0.3 is 5.97 Å². The number of hydrogen-bond donors (Lipinski definition) is 0. The second-order valence-corrected chi connectivity index (χ2v) is 10.5. The van der Waals surface area contributed by atoms with E-state index in [1.807, 2.05) is 38.1 Å². The highest BCUT2D eigenvalue weighted by atomic mass is 127. The van der Waals surface area contributed by atoms with E-state index in [2.05, 4.69) is 22.6 Å². The Labute approximate surface area is 231 Å². The van der Waals surface area contributed by atoms with Gasteiger partial charge in [-0.05, 0) is 102 Å². The Morgan fingerprint density at radius 3 is 2.56 bits per heavy atom. The van der Waals surface area contributed by atoms with Crippen LogP contribution in [0.5, 0.6) is 11.5 Å². The summed E-state index contributed by atoms with van der Waals surface area (Å²) in [7, 11) is 0. The van der Waals surface area contributed by atoms with Crippen molar-refractivity contribution < 1.29 is 23.9 Å². The molecule has 1 heterocycles. The zero-order valence-corrected chi connectivity index (χ0v) is 23.1. The maximum atomic E-state index is 13.0. The van der Waals surface area contributed by atoms with Gasteiger partial charge in [0, 0.05) is 5.02 Å². The number of imide groups is 1. The van der Waals surface area contributed by atoms with Gasteiger partial charge in [0.2, 0.25) is 0 Å². The number of esters is 1. The molecule has 36 heavy (non-hydrogen) atoms. The summed E-state index contributed by atoms with van der Waals surface area (Å²) in [5, 5.41) is 0.199. The molecule has 0 atom stereocenters. The molecule has 0 N–H and O–H groups in total. The highest BCUT2D eigenvalue weighted by Crippen LogP contribution is 2.38. The quantitative estimate of drug-likeness (QED) is 0.120. The second kappa shape index (κ2) is 11.5. The average Bonchev–Trinajstić information content (AvgIpc) is 3.09. The van der Waals surface area contributed by atoms with E-state index in [1.165, 1.54) is 4.90 Å². The maximum absolute atomic E-state index is 13.0. The largest absolute Gasteiger partial charge is 0.490 e. The molecule has 0 spiro atoms. The second-order valence-electron chi connectivity index (χ2n) is 7.92. The predicted molar refractivity (Wildman–Crippen MR) is 149 cm³/mol. The van der Waals surface area contributed by atoms with Crippen LogP contribution in [-0.4, -0.2) is 28.6 Å². The zero-order valence-electron chi connectivity index (χ0n) is 19.4. The minimum Gasteiger partial charge on any atom is -0.490 e. The molecule has 184 valence electrons. The number of benzene rings is 3. The van der Waals surface area contributed by atoms with Crippen LogP contribution in [0.2, 0.25) is 5.02 Å². The minimum atomic E-state index is -0.546. The van der Waals surface area contributed by atoms with Crippen molar-refractivity contribution in [3.8, 4) is 11.5 Å². The zero-order chi connectivity index (χ0) is 25.8. The molecule has 4 rings (SSSR count). The third-order valence-electron chi connectivity index (χ3n) is 5.20. The Morgan fingerprint density at radius 1 is 1.11 bits per heavy atom. The van der Waals surface area contributed by atoms with Gasteiger partial charge in [0.15, 0.2) is 11.5 Å². The number of hydrogen-bond acceptors (Lipinski definition) is 6. The molecule has 2 amide bonds. The number of amides is 2. The third kappa shape index (κ3) is 6.11. The Bertz CT molecular complexity index is 1370. The molecule has 0 aromatic heterocycles. The molecule has 3 aromatic rings. The molecule has 3 aromatic carbocycles. The minimum absolute atomic E-state index is 0.213. The number of nitrogens with zero attached hydrogens (tertiary/aromatic N) is 1. The first-order chi connectivity index (χ1) is 17.2. The van der Waals surface area contributed by atoms with Crippen molar-refractivity contribution in [1.29, 1.82) is 0 Å². The fourth-order valence-corrected chi connectivity index (χ4v) is 5.25. The first-order valence-electron chi connectivity index (χ1n) is 11.0. The summed E-state index contributed by atoms with van der Waals surface area (Å²) in [5.74, 6) is -0.257. The molecule has 0 unspecified atom stereocenters. The van der Waals surface area contributed by atoms with Crippen LogP contribution in [0.4, 0.5) is 4.79 Å². The Morgan fingerprint density at radius 2 is 1.86 bits per heavy atom. The van der Waals surface area contributed by atoms with E-state index in [4.69, 9.17) is 21.1 Å².